The number of rotatable bonds is 5. The van der Waals surface area contributed by atoms with Gasteiger partial charge in [-0.2, -0.15) is 11.3 Å². The molecule has 3 heterocycles. The van der Waals surface area contributed by atoms with Crippen LogP contribution in [0.15, 0.2) is 53.5 Å². The molecular formula is C20H22N4OS. The van der Waals surface area contributed by atoms with Crippen LogP contribution in [0.4, 0.5) is 0 Å². The summed E-state index contributed by atoms with van der Waals surface area (Å²) in [5.41, 5.74) is 2.07. The molecule has 4 rings (SSSR count). The Morgan fingerprint density at radius 3 is 2.69 bits per heavy atom. The molecule has 3 aromatic rings. The maximum Gasteiger partial charge on any atom is 0.254 e. The molecule has 2 aromatic heterocycles. The number of carbonyl (C=O) groups is 1. The average Bonchev–Trinajstić information content (AvgIpc) is 3.35. The van der Waals surface area contributed by atoms with Gasteiger partial charge in [0.2, 0.25) is 0 Å². The van der Waals surface area contributed by atoms with E-state index in [9.17, 15) is 4.79 Å². The first-order valence-corrected chi connectivity index (χ1v) is 9.96. The highest BCUT2D eigenvalue weighted by Gasteiger charge is 2.25. The van der Waals surface area contributed by atoms with Gasteiger partial charge in [-0.3, -0.25) is 4.79 Å². The molecule has 0 aliphatic carbocycles. The van der Waals surface area contributed by atoms with Crippen LogP contribution in [0.5, 0.6) is 0 Å². The predicted octanol–water partition coefficient (Wildman–Crippen LogP) is 3.48. The fraction of sp³-hybridized carbons (Fsp3) is 0.350. The zero-order chi connectivity index (χ0) is 17.8. The number of aromatic nitrogens is 3. The van der Waals surface area contributed by atoms with Crippen molar-refractivity contribution in [3.05, 3.63) is 70.4 Å². The molecule has 1 aliphatic rings. The van der Waals surface area contributed by atoms with Crippen LogP contribution >= 0.6 is 11.3 Å². The van der Waals surface area contributed by atoms with E-state index in [4.69, 9.17) is 0 Å². The van der Waals surface area contributed by atoms with E-state index in [0.717, 1.165) is 50.3 Å². The first kappa shape index (κ1) is 17.0. The molecule has 1 fully saturated rings. The Morgan fingerprint density at radius 2 is 1.96 bits per heavy atom. The van der Waals surface area contributed by atoms with Crippen molar-refractivity contribution in [2.45, 2.75) is 25.8 Å². The highest BCUT2D eigenvalue weighted by molar-refractivity contribution is 7.08. The van der Waals surface area contributed by atoms with Crippen molar-refractivity contribution in [1.29, 1.82) is 0 Å². The molecule has 1 saturated heterocycles. The number of amides is 1. The third kappa shape index (κ3) is 3.85. The minimum Gasteiger partial charge on any atom is -0.339 e. The van der Waals surface area contributed by atoms with Crippen LogP contribution in [0.2, 0.25) is 0 Å². The van der Waals surface area contributed by atoms with Crippen LogP contribution in [-0.2, 0) is 13.0 Å². The topological polar surface area (TPSA) is 51.0 Å². The summed E-state index contributed by atoms with van der Waals surface area (Å²) >= 11 is 1.57. The molecule has 0 N–H and O–H groups in total. The van der Waals surface area contributed by atoms with Crippen molar-refractivity contribution in [3.8, 4) is 0 Å². The molecule has 1 amide bonds. The molecule has 5 nitrogen and oxygen atoms in total. The van der Waals surface area contributed by atoms with Crippen LogP contribution in [0.1, 0.15) is 34.6 Å². The highest BCUT2D eigenvalue weighted by atomic mass is 32.1. The minimum absolute atomic E-state index is 0.164. The second-order valence-corrected chi connectivity index (χ2v) is 7.59. The number of likely N-dealkylation sites (tertiary alicyclic amines) is 1. The van der Waals surface area contributed by atoms with Crippen molar-refractivity contribution < 1.29 is 4.79 Å². The molecule has 0 radical (unpaired) electrons. The van der Waals surface area contributed by atoms with Gasteiger partial charge in [-0.05, 0) is 35.8 Å². The molecule has 0 saturated carbocycles. The van der Waals surface area contributed by atoms with Gasteiger partial charge in [0.1, 0.15) is 12.2 Å². The maximum atomic E-state index is 12.4. The molecule has 134 valence electrons. The summed E-state index contributed by atoms with van der Waals surface area (Å²) in [6.45, 7) is 2.46. The van der Waals surface area contributed by atoms with Crippen molar-refractivity contribution >= 4 is 17.2 Å². The average molecular weight is 366 g/mol. The zero-order valence-corrected chi connectivity index (χ0v) is 15.4. The standard InChI is InChI=1S/C20H22N4OS/c25-20(18-8-11-26-14-18)23-9-6-16(7-10-23)12-19-22-21-15-24(19)13-17-4-2-1-3-5-17/h1-5,8,11,14-16H,6-7,9-10,12-13H2. The molecule has 0 unspecified atom stereocenters. The van der Waals surface area contributed by atoms with Crippen LogP contribution in [0.25, 0.3) is 0 Å². The fourth-order valence-electron chi connectivity index (χ4n) is 3.52. The summed E-state index contributed by atoms with van der Waals surface area (Å²) < 4.78 is 2.14. The summed E-state index contributed by atoms with van der Waals surface area (Å²) in [5.74, 6) is 1.76. The third-order valence-electron chi connectivity index (χ3n) is 5.03. The molecular weight excluding hydrogens is 344 g/mol. The molecule has 6 heteroatoms. The number of benzene rings is 1. The van der Waals surface area contributed by atoms with Gasteiger partial charge in [-0.25, -0.2) is 0 Å². The summed E-state index contributed by atoms with van der Waals surface area (Å²) in [5, 5.41) is 12.3. The smallest absolute Gasteiger partial charge is 0.254 e. The Kier molecular flexibility index (Phi) is 5.11. The van der Waals surface area contributed by atoms with E-state index in [2.05, 4.69) is 39.0 Å². The SMILES string of the molecule is O=C(c1ccsc1)N1CCC(Cc2nncn2Cc2ccccc2)CC1. The summed E-state index contributed by atoms with van der Waals surface area (Å²) in [7, 11) is 0. The first-order chi connectivity index (χ1) is 12.8. The lowest BCUT2D eigenvalue weighted by Crippen LogP contribution is -2.38. The van der Waals surface area contributed by atoms with Gasteiger partial charge in [0, 0.05) is 24.9 Å². The van der Waals surface area contributed by atoms with Gasteiger partial charge in [0.15, 0.2) is 0 Å². The summed E-state index contributed by atoms with van der Waals surface area (Å²) in [6.07, 6.45) is 4.78. The molecule has 1 aromatic carbocycles. The quantitative estimate of drug-likeness (QED) is 0.695. The summed E-state index contributed by atoms with van der Waals surface area (Å²) in [6, 6.07) is 12.3. The largest absolute Gasteiger partial charge is 0.339 e. The van der Waals surface area contributed by atoms with Gasteiger partial charge in [0.25, 0.3) is 5.91 Å². The maximum absolute atomic E-state index is 12.4. The third-order valence-corrected chi connectivity index (χ3v) is 5.72. The summed E-state index contributed by atoms with van der Waals surface area (Å²) in [4.78, 5) is 14.4. The zero-order valence-electron chi connectivity index (χ0n) is 14.6. The van der Waals surface area contributed by atoms with Gasteiger partial charge < -0.3 is 9.47 Å². The van der Waals surface area contributed by atoms with E-state index in [1.807, 2.05) is 34.1 Å². The molecule has 0 spiro atoms. The normalized spacial score (nSPS) is 15.3. The second-order valence-electron chi connectivity index (χ2n) is 6.81. The van der Waals surface area contributed by atoms with Crippen molar-refractivity contribution in [2.75, 3.05) is 13.1 Å². The Labute approximate surface area is 157 Å². The Bertz CT molecular complexity index is 836. The van der Waals surface area contributed by atoms with E-state index < -0.39 is 0 Å². The van der Waals surface area contributed by atoms with E-state index >= 15 is 0 Å². The van der Waals surface area contributed by atoms with Gasteiger partial charge in [0.05, 0.1) is 12.1 Å². The lowest BCUT2D eigenvalue weighted by atomic mass is 9.93. The van der Waals surface area contributed by atoms with Crippen molar-refractivity contribution in [2.24, 2.45) is 5.92 Å². The Balaban J connectivity index is 1.34. The molecule has 0 atom stereocenters. The first-order valence-electron chi connectivity index (χ1n) is 9.01. The predicted molar refractivity (Wildman–Crippen MR) is 102 cm³/mol. The minimum atomic E-state index is 0.164. The molecule has 1 aliphatic heterocycles. The van der Waals surface area contributed by atoms with Gasteiger partial charge in [-0.1, -0.05) is 30.3 Å². The van der Waals surface area contributed by atoms with E-state index in [1.165, 1.54) is 5.56 Å². The number of piperidine rings is 1. The van der Waals surface area contributed by atoms with Crippen LogP contribution in [0.3, 0.4) is 0 Å². The van der Waals surface area contributed by atoms with E-state index in [0.29, 0.717) is 5.92 Å². The number of carbonyl (C=O) groups excluding carboxylic acids is 1. The van der Waals surface area contributed by atoms with Crippen LogP contribution in [0, 0.1) is 5.92 Å². The van der Waals surface area contributed by atoms with Crippen molar-refractivity contribution in [1.82, 2.24) is 19.7 Å². The molecule has 0 bridgehead atoms. The number of hydrogen-bond donors (Lipinski definition) is 0. The van der Waals surface area contributed by atoms with Gasteiger partial charge >= 0.3 is 0 Å². The van der Waals surface area contributed by atoms with Gasteiger partial charge in [-0.15, -0.1) is 10.2 Å². The lowest BCUT2D eigenvalue weighted by Gasteiger charge is -2.31. The monoisotopic (exact) mass is 366 g/mol. The van der Waals surface area contributed by atoms with Crippen LogP contribution < -0.4 is 0 Å². The second kappa shape index (κ2) is 7.83. The fourth-order valence-corrected chi connectivity index (χ4v) is 4.15. The molecule has 26 heavy (non-hydrogen) atoms. The Hall–Kier alpha value is -2.47. The Morgan fingerprint density at radius 1 is 1.15 bits per heavy atom. The van der Waals surface area contributed by atoms with Crippen LogP contribution in [-0.4, -0.2) is 38.7 Å². The lowest BCUT2D eigenvalue weighted by molar-refractivity contribution is 0.0690. The number of hydrogen-bond acceptors (Lipinski definition) is 4. The van der Waals surface area contributed by atoms with Crippen molar-refractivity contribution in [3.63, 3.8) is 0 Å². The van der Waals surface area contributed by atoms with E-state index in [-0.39, 0.29) is 5.91 Å². The number of nitrogens with zero attached hydrogens (tertiary/aromatic N) is 4. The highest BCUT2D eigenvalue weighted by Crippen LogP contribution is 2.23. The van der Waals surface area contributed by atoms with E-state index in [1.54, 1.807) is 11.3 Å². The number of thiophene rings is 1.